The minimum atomic E-state index is -0.707. The fourth-order valence-corrected chi connectivity index (χ4v) is 4.72. The Balaban J connectivity index is 2.20. The number of H-pyrrole nitrogens is 1. The summed E-state index contributed by atoms with van der Waals surface area (Å²) in [7, 11) is 4.08. The lowest BCUT2D eigenvalue weighted by molar-refractivity contribution is 0.0597. The van der Waals surface area contributed by atoms with E-state index in [9.17, 15) is 23.9 Å². The number of aryl methyl sites for hydroxylation is 2. The van der Waals surface area contributed by atoms with Crippen LogP contribution in [0.3, 0.4) is 0 Å². The predicted octanol–water partition coefficient (Wildman–Crippen LogP) is 2.90. The first-order valence-electron chi connectivity index (χ1n) is 9.16. The number of benzene rings is 1. The lowest BCUT2D eigenvalue weighted by Crippen LogP contribution is -2.36. The van der Waals surface area contributed by atoms with Crippen molar-refractivity contribution in [2.45, 2.75) is 6.92 Å². The van der Waals surface area contributed by atoms with Gasteiger partial charge >= 0.3 is 11.7 Å². The van der Waals surface area contributed by atoms with Gasteiger partial charge in [-0.15, -0.1) is 11.3 Å². The first kappa shape index (κ1) is 20.6. The first-order chi connectivity index (χ1) is 14.7. The third kappa shape index (κ3) is 2.98. The zero-order valence-electron chi connectivity index (χ0n) is 17.1. The molecule has 160 valence electrons. The van der Waals surface area contributed by atoms with Gasteiger partial charge in [0.2, 0.25) is 0 Å². The molecule has 3 aromatic heterocycles. The molecular formula is C21H18FN3O5S. The van der Waals surface area contributed by atoms with Gasteiger partial charge in [0.05, 0.1) is 23.1 Å². The maximum atomic E-state index is 13.5. The van der Waals surface area contributed by atoms with Crippen LogP contribution in [0.5, 0.6) is 5.75 Å². The van der Waals surface area contributed by atoms with Crippen molar-refractivity contribution in [3.05, 3.63) is 61.4 Å². The molecule has 0 fully saturated rings. The molecule has 8 nitrogen and oxygen atoms in total. The monoisotopic (exact) mass is 443 g/mol. The van der Waals surface area contributed by atoms with Gasteiger partial charge in [-0.1, -0.05) is 0 Å². The Morgan fingerprint density at radius 1 is 1.16 bits per heavy atom. The highest BCUT2D eigenvalue weighted by Gasteiger charge is 2.29. The van der Waals surface area contributed by atoms with Crippen LogP contribution in [0.25, 0.3) is 32.7 Å². The summed E-state index contributed by atoms with van der Waals surface area (Å²) >= 11 is 1.11. The van der Waals surface area contributed by atoms with Gasteiger partial charge in [0.15, 0.2) is 0 Å². The Labute approximate surface area is 178 Å². The van der Waals surface area contributed by atoms with Crippen molar-refractivity contribution < 1.29 is 19.0 Å². The lowest BCUT2D eigenvalue weighted by Gasteiger charge is -2.06. The molecule has 4 rings (SSSR count). The number of ether oxygens (including phenoxy) is 1. The first-order valence-corrected chi connectivity index (χ1v) is 9.97. The van der Waals surface area contributed by atoms with E-state index >= 15 is 0 Å². The molecule has 0 aliphatic carbocycles. The van der Waals surface area contributed by atoms with Crippen LogP contribution in [0, 0.1) is 12.7 Å². The summed E-state index contributed by atoms with van der Waals surface area (Å²) < 4.78 is 20.5. The van der Waals surface area contributed by atoms with Gasteiger partial charge < -0.3 is 14.8 Å². The fourth-order valence-electron chi connectivity index (χ4n) is 3.63. The number of thiophene rings is 1. The standard InChI is InChI=1S/C21H18FN3O5S/c1-9-12(20(28)30-4)16(26)17(31-9)13-14-18(24(2)21(29)25(3)19(14)27)23-15(13)10-5-7-11(22)8-6-10/h5-8,23,26H,1-4H3. The number of nitrogens with one attached hydrogen (secondary N) is 1. The molecule has 0 saturated carbocycles. The largest absolute Gasteiger partial charge is 0.505 e. The summed E-state index contributed by atoms with van der Waals surface area (Å²) in [5, 5.41) is 11.1. The van der Waals surface area contributed by atoms with Gasteiger partial charge in [0.1, 0.15) is 22.8 Å². The number of carbonyl (C=O) groups excluding carboxylic acids is 1. The molecule has 0 saturated heterocycles. The molecule has 0 bridgehead atoms. The molecule has 3 heterocycles. The van der Waals surface area contributed by atoms with Gasteiger partial charge in [0.25, 0.3) is 5.56 Å². The van der Waals surface area contributed by atoms with E-state index in [1.807, 2.05) is 0 Å². The Bertz CT molecular complexity index is 1470. The van der Waals surface area contributed by atoms with Crippen molar-refractivity contribution in [1.82, 2.24) is 14.1 Å². The average Bonchev–Trinajstić information content (AvgIpc) is 3.28. The van der Waals surface area contributed by atoms with Crippen molar-refractivity contribution >= 4 is 28.3 Å². The van der Waals surface area contributed by atoms with Gasteiger partial charge in [-0.3, -0.25) is 13.9 Å². The van der Waals surface area contributed by atoms with Crippen LogP contribution in [-0.4, -0.2) is 32.3 Å². The zero-order chi connectivity index (χ0) is 22.6. The number of hydrogen-bond acceptors (Lipinski definition) is 6. The normalized spacial score (nSPS) is 11.3. The molecule has 1 aromatic carbocycles. The van der Waals surface area contributed by atoms with E-state index in [-0.39, 0.29) is 27.2 Å². The summed E-state index contributed by atoms with van der Waals surface area (Å²) in [6, 6.07) is 5.57. The number of nitrogens with zero attached hydrogens (tertiary/aromatic N) is 2. The van der Waals surface area contributed by atoms with E-state index in [1.165, 1.54) is 50.0 Å². The van der Waals surface area contributed by atoms with E-state index in [4.69, 9.17) is 4.74 Å². The maximum absolute atomic E-state index is 13.5. The van der Waals surface area contributed by atoms with Crippen LogP contribution < -0.4 is 11.2 Å². The summed E-state index contributed by atoms with van der Waals surface area (Å²) in [5.74, 6) is -1.47. The van der Waals surface area contributed by atoms with Crippen molar-refractivity contribution in [2.24, 2.45) is 14.1 Å². The van der Waals surface area contributed by atoms with E-state index in [1.54, 1.807) is 6.92 Å². The van der Waals surface area contributed by atoms with Crippen molar-refractivity contribution in [2.75, 3.05) is 7.11 Å². The summed E-state index contributed by atoms with van der Waals surface area (Å²) in [4.78, 5) is 41.6. The Kier molecular flexibility index (Phi) is 4.81. The number of fused-ring (bicyclic) bond motifs is 1. The van der Waals surface area contributed by atoms with E-state index in [0.717, 1.165) is 15.9 Å². The fraction of sp³-hybridized carbons (Fsp3) is 0.190. The molecule has 0 spiro atoms. The molecule has 10 heteroatoms. The molecule has 0 aliphatic heterocycles. The topological polar surface area (TPSA) is 106 Å². The second-order valence-corrected chi connectivity index (χ2v) is 8.24. The smallest absolute Gasteiger partial charge is 0.342 e. The minimum Gasteiger partial charge on any atom is -0.505 e. The van der Waals surface area contributed by atoms with Gasteiger partial charge in [-0.05, 0) is 36.8 Å². The molecule has 2 N–H and O–H groups in total. The number of rotatable bonds is 3. The number of esters is 1. The number of methoxy groups -OCH3 is 1. The third-order valence-electron chi connectivity index (χ3n) is 5.22. The number of aromatic hydroxyl groups is 1. The van der Waals surface area contributed by atoms with E-state index < -0.39 is 23.0 Å². The number of aromatic nitrogens is 3. The van der Waals surface area contributed by atoms with Gasteiger partial charge in [0, 0.05) is 24.5 Å². The summed E-state index contributed by atoms with van der Waals surface area (Å²) in [6.07, 6.45) is 0. The molecule has 0 radical (unpaired) electrons. The van der Waals surface area contributed by atoms with Crippen LogP contribution in [0.4, 0.5) is 4.39 Å². The molecule has 0 amide bonds. The molecule has 0 unspecified atom stereocenters. The van der Waals surface area contributed by atoms with Crippen LogP contribution in [0.15, 0.2) is 33.9 Å². The van der Waals surface area contributed by atoms with Crippen molar-refractivity contribution in [1.29, 1.82) is 0 Å². The second kappa shape index (κ2) is 7.24. The summed E-state index contributed by atoms with van der Waals surface area (Å²) in [5.41, 5.74) is 0.406. The van der Waals surface area contributed by atoms with Crippen LogP contribution in [0.2, 0.25) is 0 Å². The number of aromatic amines is 1. The highest BCUT2D eigenvalue weighted by atomic mass is 32.1. The van der Waals surface area contributed by atoms with E-state index in [2.05, 4.69) is 4.98 Å². The number of carbonyl (C=O) groups is 1. The quantitative estimate of drug-likeness (QED) is 0.474. The average molecular weight is 443 g/mol. The minimum absolute atomic E-state index is 0.00329. The third-order valence-corrected chi connectivity index (χ3v) is 6.33. The number of halogens is 1. The summed E-state index contributed by atoms with van der Waals surface area (Å²) in [6.45, 7) is 1.65. The van der Waals surface area contributed by atoms with E-state index in [0.29, 0.717) is 21.7 Å². The maximum Gasteiger partial charge on any atom is 0.342 e. The van der Waals surface area contributed by atoms with Crippen LogP contribution >= 0.6 is 11.3 Å². The zero-order valence-corrected chi connectivity index (χ0v) is 17.9. The van der Waals surface area contributed by atoms with Crippen molar-refractivity contribution in [3.8, 4) is 27.4 Å². The predicted molar refractivity (Wildman–Crippen MR) is 115 cm³/mol. The van der Waals surface area contributed by atoms with Gasteiger partial charge in [-0.2, -0.15) is 0 Å². The Morgan fingerprint density at radius 2 is 1.81 bits per heavy atom. The van der Waals surface area contributed by atoms with Crippen molar-refractivity contribution in [3.63, 3.8) is 0 Å². The molecule has 0 atom stereocenters. The highest BCUT2D eigenvalue weighted by molar-refractivity contribution is 7.16. The lowest BCUT2D eigenvalue weighted by atomic mass is 10.0. The van der Waals surface area contributed by atoms with Crippen LogP contribution in [0.1, 0.15) is 15.2 Å². The highest BCUT2D eigenvalue weighted by Crippen LogP contribution is 2.47. The Morgan fingerprint density at radius 3 is 2.42 bits per heavy atom. The molecule has 0 aliphatic rings. The molecule has 4 aromatic rings. The SMILES string of the molecule is COC(=O)c1c(C)sc(-c2c(-c3ccc(F)cc3)[nH]c3c2c(=O)n(C)c(=O)n3C)c1O. The van der Waals surface area contributed by atoms with Crippen LogP contribution in [-0.2, 0) is 18.8 Å². The second-order valence-electron chi connectivity index (χ2n) is 7.01. The number of hydrogen-bond donors (Lipinski definition) is 2. The molecule has 31 heavy (non-hydrogen) atoms. The van der Waals surface area contributed by atoms with Gasteiger partial charge in [-0.25, -0.2) is 14.0 Å². The Hall–Kier alpha value is -3.66. The molecular weight excluding hydrogens is 425 g/mol.